The van der Waals surface area contributed by atoms with Crippen molar-refractivity contribution in [1.29, 1.82) is 0 Å². The molecule has 6 nitrogen and oxygen atoms in total. The van der Waals surface area contributed by atoms with Crippen molar-refractivity contribution >= 4 is 17.6 Å². The molecular formula is C11H7ClF2N2O4. The number of carbonyl (C=O) groups is 1. The first kappa shape index (κ1) is 14.4. The topological polar surface area (TPSA) is 85.5 Å². The van der Waals surface area contributed by atoms with Gasteiger partial charge in [0, 0.05) is 0 Å². The summed E-state index contributed by atoms with van der Waals surface area (Å²) in [5.74, 6) is -3.12. The number of halogens is 3. The van der Waals surface area contributed by atoms with Crippen molar-refractivity contribution in [3.63, 3.8) is 0 Å². The molecule has 2 rings (SSSR count). The summed E-state index contributed by atoms with van der Waals surface area (Å²) in [5.41, 5.74) is -0.246. The zero-order valence-corrected chi connectivity index (χ0v) is 10.5. The lowest BCUT2D eigenvalue weighted by Crippen LogP contribution is -2.06. The van der Waals surface area contributed by atoms with Crippen LogP contribution in [0.4, 0.5) is 8.78 Å². The molecule has 0 unspecified atom stereocenters. The first-order valence-corrected chi connectivity index (χ1v) is 5.62. The summed E-state index contributed by atoms with van der Waals surface area (Å²) < 4.78 is 36.6. The van der Waals surface area contributed by atoms with E-state index >= 15 is 0 Å². The van der Waals surface area contributed by atoms with E-state index in [2.05, 4.69) is 10.2 Å². The van der Waals surface area contributed by atoms with Gasteiger partial charge in [0.1, 0.15) is 24.8 Å². The Morgan fingerprint density at radius 2 is 2.10 bits per heavy atom. The van der Waals surface area contributed by atoms with E-state index in [1.165, 1.54) is 0 Å². The van der Waals surface area contributed by atoms with Crippen LogP contribution in [-0.4, -0.2) is 27.9 Å². The van der Waals surface area contributed by atoms with Crippen molar-refractivity contribution in [2.75, 3.05) is 6.61 Å². The van der Waals surface area contributed by atoms with Crippen LogP contribution in [0.2, 0.25) is 5.02 Å². The molecule has 0 atom stereocenters. The Labute approximate surface area is 115 Å². The normalized spacial score (nSPS) is 10.8. The zero-order chi connectivity index (χ0) is 14.7. The number of rotatable bonds is 5. The molecule has 0 amide bonds. The Morgan fingerprint density at radius 1 is 1.35 bits per heavy atom. The summed E-state index contributed by atoms with van der Waals surface area (Å²) in [6.07, 6.45) is 0. The van der Waals surface area contributed by atoms with Gasteiger partial charge in [0.15, 0.2) is 0 Å². The van der Waals surface area contributed by atoms with Crippen molar-refractivity contribution < 1.29 is 27.8 Å². The smallest absolute Gasteiger partial charge is 0.329 e. The third-order valence-corrected chi connectivity index (χ3v) is 2.45. The molecule has 0 radical (unpaired) electrons. The number of carboxylic acid groups (broad SMARTS) is 1. The number of hydrogen-bond donors (Lipinski definition) is 1. The van der Waals surface area contributed by atoms with E-state index in [1.807, 2.05) is 0 Å². The Bertz CT molecular complexity index is 647. The maximum atomic E-state index is 13.6. The molecule has 106 valence electrons. The summed E-state index contributed by atoms with van der Waals surface area (Å²) in [7, 11) is 0. The molecule has 1 aromatic heterocycles. The van der Waals surface area contributed by atoms with Gasteiger partial charge in [-0.25, -0.2) is 13.6 Å². The highest BCUT2D eigenvalue weighted by Crippen LogP contribution is 2.26. The van der Waals surface area contributed by atoms with E-state index < -0.39 is 24.2 Å². The van der Waals surface area contributed by atoms with Crippen LogP contribution in [0.1, 0.15) is 5.89 Å². The van der Waals surface area contributed by atoms with Gasteiger partial charge >= 0.3 is 5.97 Å². The van der Waals surface area contributed by atoms with Crippen LogP contribution in [0.5, 0.6) is 0 Å². The average Bonchev–Trinajstić information content (AvgIpc) is 2.82. The summed E-state index contributed by atoms with van der Waals surface area (Å²) in [4.78, 5) is 10.2. The third kappa shape index (κ3) is 3.28. The minimum Gasteiger partial charge on any atom is -0.480 e. The third-order valence-electron chi connectivity index (χ3n) is 2.16. The Hall–Kier alpha value is -2.06. The highest BCUT2D eigenvalue weighted by atomic mass is 35.5. The lowest BCUT2D eigenvalue weighted by Gasteiger charge is -2.00. The predicted octanol–water partition coefficient (Wildman–Crippen LogP) is 2.27. The number of hydrogen-bond acceptors (Lipinski definition) is 5. The standard InChI is InChI=1S/C11H7ClF2N2O4/c12-6-2-7(13)5(1-8(6)14)11-16-15-9(20-11)3-19-4-10(17)18/h1-2H,3-4H2,(H,17,18). The number of carboxylic acids is 1. The van der Waals surface area contributed by atoms with Gasteiger partial charge in [0.2, 0.25) is 5.89 Å². The molecule has 1 aromatic carbocycles. The molecule has 2 aromatic rings. The Morgan fingerprint density at radius 3 is 2.80 bits per heavy atom. The fourth-order valence-electron chi connectivity index (χ4n) is 1.33. The summed E-state index contributed by atoms with van der Waals surface area (Å²) in [6, 6.07) is 1.62. The highest BCUT2D eigenvalue weighted by molar-refractivity contribution is 6.30. The molecule has 1 heterocycles. The number of ether oxygens (including phenoxy) is 1. The van der Waals surface area contributed by atoms with Crippen LogP contribution in [0, 0.1) is 11.6 Å². The lowest BCUT2D eigenvalue weighted by atomic mass is 10.2. The molecule has 0 aliphatic heterocycles. The quantitative estimate of drug-likeness (QED) is 0.853. The summed E-state index contributed by atoms with van der Waals surface area (Å²) in [5, 5.41) is 15.1. The highest BCUT2D eigenvalue weighted by Gasteiger charge is 2.16. The minimum absolute atomic E-state index is 0.0593. The van der Waals surface area contributed by atoms with E-state index in [9.17, 15) is 13.6 Å². The van der Waals surface area contributed by atoms with E-state index in [-0.39, 0.29) is 29.0 Å². The molecule has 0 spiro atoms. The van der Waals surface area contributed by atoms with Crippen LogP contribution in [0.3, 0.4) is 0 Å². The fourth-order valence-corrected chi connectivity index (χ4v) is 1.48. The number of aliphatic carboxylic acids is 1. The SMILES string of the molecule is O=C(O)COCc1nnc(-c2cc(F)c(Cl)cc2F)o1. The molecular weight excluding hydrogens is 298 g/mol. The summed E-state index contributed by atoms with van der Waals surface area (Å²) >= 11 is 5.42. The van der Waals surface area contributed by atoms with Crippen LogP contribution < -0.4 is 0 Å². The maximum absolute atomic E-state index is 13.6. The molecule has 0 aliphatic rings. The second kappa shape index (κ2) is 5.93. The monoisotopic (exact) mass is 304 g/mol. The van der Waals surface area contributed by atoms with Crippen LogP contribution in [0.15, 0.2) is 16.5 Å². The molecule has 1 N–H and O–H groups in total. The fraction of sp³-hybridized carbons (Fsp3) is 0.182. The van der Waals surface area contributed by atoms with Gasteiger partial charge in [-0.1, -0.05) is 11.6 Å². The van der Waals surface area contributed by atoms with Crippen molar-refractivity contribution in [2.24, 2.45) is 0 Å². The van der Waals surface area contributed by atoms with E-state index in [0.717, 1.165) is 12.1 Å². The molecule has 0 saturated carbocycles. The van der Waals surface area contributed by atoms with Gasteiger partial charge in [-0.05, 0) is 12.1 Å². The Balaban J connectivity index is 2.16. The average molecular weight is 305 g/mol. The maximum Gasteiger partial charge on any atom is 0.329 e. The van der Waals surface area contributed by atoms with Gasteiger partial charge in [-0.2, -0.15) is 0 Å². The minimum atomic E-state index is -1.16. The number of aromatic nitrogens is 2. The van der Waals surface area contributed by atoms with Crippen molar-refractivity contribution in [3.05, 3.63) is 34.7 Å². The summed E-state index contributed by atoms with van der Waals surface area (Å²) in [6.45, 7) is -0.793. The van der Waals surface area contributed by atoms with Crippen molar-refractivity contribution in [2.45, 2.75) is 6.61 Å². The first-order chi connectivity index (χ1) is 9.47. The largest absolute Gasteiger partial charge is 0.480 e. The molecule has 20 heavy (non-hydrogen) atoms. The molecule has 0 aliphatic carbocycles. The van der Waals surface area contributed by atoms with Crippen LogP contribution in [0.25, 0.3) is 11.5 Å². The number of benzene rings is 1. The number of nitrogens with zero attached hydrogens (tertiary/aromatic N) is 2. The molecule has 0 saturated heterocycles. The van der Waals surface area contributed by atoms with Gasteiger partial charge in [0.05, 0.1) is 10.6 Å². The zero-order valence-electron chi connectivity index (χ0n) is 9.77. The van der Waals surface area contributed by atoms with Gasteiger partial charge in [0.25, 0.3) is 5.89 Å². The van der Waals surface area contributed by atoms with Gasteiger partial charge in [-0.3, -0.25) is 0 Å². The van der Waals surface area contributed by atoms with Gasteiger partial charge < -0.3 is 14.3 Å². The van der Waals surface area contributed by atoms with Crippen LogP contribution in [-0.2, 0) is 16.1 Å². The first-order valence-electron chi connectivity index (χ1n) is 5.24. The van der Waals surface area contributed by atoms with E-state index in [4.69, 9.17) is 25.9 Å². The van der Waals surface area contributed by atoms with Crippen molar-refractivity contribution in [3.8, 4) is 11.5 Å². The van der Waals surface area contributed by atoms with Crippen molar-refractivity contribution in [1.82, 2.24) is 10.2 Å². The predicted molar refractivity (Wildman–Crippen MR) is 62.0 cm³/mol. The van der Waals surface area contributed by atoms with Gasteiger partial charge in [-0.15, -0.1) is 10.2 Å². The molecule has 9 heteroatoms. The Kier molecular flexibility index (Phi) is 4.26. The van der Waals surface area contributed by atoms with E-state index in [0.29, 0.717) is 0 Å². The lowest BCUT2D eigenvalue weighted by molar-refractivity contribution is -0.142. The second-order valence-electron chi connectivity index (χ2n) is 3.63. The molecule has 0 bridgehead atoms. The van der Waals surface area contributed by atoms with E-state index in [1.54, 1.807) is 0 Å². The second-order valence-corrected chi connectivity index (χ2v) is 4.04. The molecule has 0 fully saturated rings. The van der Waals surface area contributed by atoms with Crippen LogP contribution >= 0.6 is 11.6 Å².